The Balaban J connectivity index is 0.00000363. The summed E-state index contributed by atoms with van der Waals surface area (Å²) in [5.74, 6) is -1.16. The minimum Gasteiger partial charge on any atom is -0.480 e. The zero-order valence-corrected chi connectivity index (χ0v) is 18.8. The molecule has 1 aliphatic carbocycles. The first-order chi connectivity index (χ1) is 15.0. The lowest BCUT2D eigenvalue weighted by molar-refractivity contribution is -0.139. The molecule has 7 nitrogen and oxygen atoms in total. The van der Waals surface area contributed by atoms with Crippen molar-refractivity contribution < 1.29 is 19.4 Å². The molecule has 0 saturated heterocycles. The maximum atomic E-state index is 12.3. The summed E-state index contributed by atoms with van der Waals surface area (Å²) in [6, 6.07) is 17.2. The molecule has 8 heteroatoms. The second kappa shape index (κ2) is 12.1. The highest BCUT2D eigenvalue weighted by Crippen LogP contribution is 2.44. The van der Waals surface area contributed by atoms with E-state index in [1.807, 2.05) is 48.3 Å². The lowest BCUT2D eigenvalue weighted by Crippen LogP contribution is -2.41. The van der Waals surface area contributed by atoms with E-state index in [2.05, 4.69) is 23.5 Å². The number of nitrogens with zero attached hydrogens (tertiary/aromatic N) is 2. The highest BCUT2D eigenvalue weighted by atomic mass is 35.5. The number of carbonyl (C=O) groups is 2. The van der Waals surface area contributed by atoms with Crippen molar-refractivity contribution in [2.45, 2.75) is 31.2 Å². The molecule has 3 rings (SSSR count). The Morgan fingerprint density at radius 1 is 1.12 bits per heavy atom. The van der Waals surface area contributed by atoms with Gasteiger partial charge in [-0.2, -0.15) is 5.26 Å². The van der Waals surface area contributed by atoms with Gasteiger partial charge in [0.15, 0.2) is 0 Å². The lowest BCUT2D eigenvalue weighted by Gasteiger charge is -2.19. The largest absolute Gasteiger partial charge is 0.480 e. The monoisotopic (exact) mass is 457 g/mol. The molecule has 2 aromatic rings. The third-order valence-corrected chi connectivity index (χ3v) is 5.57. The van der Waals surface area contributed by atoms with Crippen molar-refractivity contribution in [3.8, 4) is 17.2 Å². The highest BCUT2D eigenvalue weighted by molar-refractivity contribution is 5.85. The molecule has 2 N–H and O–H groups in total. The van der Waals surface area contributed by atoms with Crippen molar-refractivity contribution in [3.63, 3.8) is 0 Å². The molecule has 0 radical (unpaired) electrons. The van der Waals surface area contributed by atoms with Gasteiger partial charge in [0.1, 0.15) is 12.6 Å². The number of aliphatic carboxylic acids is 1. The molecule has 0 unspecified atom stereocenters. The van der Waals surface area contributed by atoms with Crippen LogP contribution in [0, 0.1) is 11.3 Å². The van der Waals surface area contributed by atoms with Crippen LogP contribution in [0.2, 0.25) is 0 Å². The summed E-state index contributed by atoms with van der Waals surface area (Å²) in [5, 5.41) is 20.5. The molecule has 0 heterocycles. The Bertz CT molecular complexity index is 930. The second-order valence-electron chi connectivity index (χ2n) is 7.71. The maximum Gasteiger partial charge on any atom is 0.407 e. The molecule has 0 bridgehead atoms. The lowest BCUT2D eigenvalue weighted by atomic mass is 9.98. The van der Waals surface area contributed by atoms with E-state index in [4.69, 9.17) is 10.00 Å². The van der Waals surface area contributed by atoms with Gasteiger partial charge in [-0.25, -0.2) is 9.59 Å². The molecule has 32 heavy (non-hydrogen) atoms. The van der Waals surface area contributed by atoms with E-state index in [1.165, 1.54) is 0 Å². The molecule has 0 aromatic heterocycles. The van der Waals surface area contributed by atoms with E-state index in [0.29, 0.717) is 25.9 Å². The van der Waals surface area contributed by atoms with Gasteiger partial charge in [-0.15, -0.1) is 12.4 Å². The summed E-state index contributed by atoms with van der Waals surface area (Å²) in [5.41, 5.74) is 4.48. The molecule has 0 saturated carbocycles. The minimum absolute atomic E-state index is 0. The van der Waals surface area contributed by atoms with Crippen molar-refractivity contribution in [2.24, 2.45) is 0 Å². The third kappa shape index (κ3) is 6.22. The molecule has 1 amide bonds. The van der Waals surface area contributed by atoms with Crippen LogP contribution in [0.25, 0.3) is 11.1 Å². The fourth-order valence-corrected chi connectivity index (χ4v) is 3.96. The number of carboxylic acid groups (broad SMARTS) is 1. The van der Waals surface area contributed by atoms with Crippen LogP contribution < -0.4 is 5.32 Å². The maximum absolute atomic E-state index is 12.3. The second-order valence-corrected chi connectivity index (χ2v) is 7.71. The number of ether oxygens (including phenoxy) is 1. The fourth-order valence-electron chi connectivity index (χ4n) is 3.96. The number of carbonyl (C=O) groups excluding carboxylic acids is 1. The van der Waals surface area contributed by atoms with Crippen LogP contribution in [-0.2, 0) is 9.53 Å². The number of nitriles is 1. The summed E-state index contributed by atoms with van der Waals surface area (Å²) < 4.78 is 5.44. The van der Waals surface area contributed by atoms with Gasteiger partial charge in [0.2, 0.25) is 0 Å². The average Bonchev–Trinajstić information content (AvgIpc) is 3.09. The van der Waals surface area contributed by atoms with Crippen molar-refractivity contribution in [1.82, 2.24) is 10.2 Å². The number of hydrogen-bond donors (Lipinski definition) is 2. The van der Waals surface area contributed by atoms with Crippen molar-refractivity contribution in [2.75, 3.05) is 26.7 Å². The number of hydrogen-bond acceptors (Lipinski definition) is 5. The summed E-state index contributed by atoms with van der Waals surface area (Å²) in [4.78, 5) is 25.8. The smallest absolute Gasteiger partial charge is 0.407 e. The van der Waals surface area contributed by atoms with Crippen LogP contribution in [0.4, 0.5) is 4.79 Å². The van der Waals surface area contributed by atoms with E-state index >= 15 is 0 Å². The normalized spacial score (nSPS) is 12.8. The van der Waals surface area contributed by atoms with Gasteiger partial charge < -0.3 is 20.1 Å². The van der Waals surface area contributed by atoms with Gasteiger partial charge in [0.05, 0.1) is 6.07 Å². The van der Waals surface area contributed by atoms with Gasteiger partial charge in [0, 0.05) is 18.9 Å². The molecular formula is C24H28ClN3O4. The van der Waals surface area contributed by atoms with Crippen LogP contribution in [0.1, 0.15) is 36.3 Å². The molecule has 170 valence electrons. The van der Waals surface area contributed by atoms with Gasteiger partial charge in [0.25, 0.3) is 0 Å². The van der Waals surface area contributed by atoms with Crippen LogP contribution >= 0.6 is 12.4 Å². The fraction of sp³-hybridized carbons (Fsp3) is 0.375. The van der Waals surface area contributed by atoms with Gasteiger partial charge in [-0.1, -0.05) is 48.5 Å². The molecule has 0 spiro atoms. The van der Waals surface area contributed by atoms with Crippen LogP contribution in [0.3, 0.4) is 0 Å². The number of amides is 1. The van der Waals surface area contributed by atoms with Gasteiger partial charge >= 0.3 is 12.1 Å². The average molecular weight is 458 g/mol. The number of fused-ring (bicyclic) bond motifs is 3. The molecule has 1 atom stereocenters. The Hall–Kier alpha value is -3.08. The van der Waals surface area contributed by atoms with E-state index in [0.717, 1.165) is 22.3 Å². The molecule has 0 fully saturated rings. The molecule has 0 aliphatic heterocycles. The Labute approximate surface area is 194 Å². The van der Waals surface area contributed by atoms with Crippen LogP contribution in [0.5, 0.6) is 0 Å². The summed E-state index contributed by atoms with van der Waals surface area (Å²) >= 11 is 0. The molecular weight excluding hydrogens is 430 g/mol. The number of alkyl carbamates (subject to hydrolysis) is 1. The standard InChI is InChI=1S/C24H27N3O4.ClH/c1-27(15-7-13-25)14-6-12-22(23(28)29)26-24(30)31-16-21-19-10-4-2-8-17(19)18-9-3-5-11-20(18)21;/h2-5,8-11,21-22H,6-7,12,14-16H2,1H3,(H,26,30)(H,28,29);1H/t22-;/m0./s1. The number of carboxylic acids is 1. The number of benzene rings is 2. The highest BCUT2D eigenvalue weighted by Gasteiger charge is 2.29. The number of nitrogens with one attached hydrogen (secondary N) is 1. The van der Waals surface area contributed by atoms with Crippen LogP contribution in [-0.4, -0.2) is 54.9 Å². The minimum atomic E-state index is -1.09. The summed E-state index contributed by atoms with van der Waals surface area (Å²) in [7, 11) is 1.88. The van der Waals surface area contributed by atoms with Gasteiger partial charge in [-0.05, 0) is 48.7 Å². The zero-order valence-electron chi connectivity index (χ0n) is 18.0. The predicted molar refractivity (Wildman–Crippen MR) is 124 cm³/mol. The molecule has 2 aromatic carbocycles. The quantitative estimate of drug-likeness (QED) is 0.558. The topological polar surface area (TPSA) is 103 Å². The van der Waals surface area contributed by atoms with E-state index < -0.39 is 18.1 Å². The SMILES string of the molecule is CN(CCC#N)CCC[C@H](NC(=O)OCC1c2ccccc2-c2ccccc21)C(=O)O.Cl. The van der Waals surface area contributed by atoms with E-state index in [-0.39, 0.29) is 31.4 Å². The van der Waals surface area contributed by atoms with Crippen molar-refractivity contribution >= 4 is 24.5 Å². The zero-order chi connectivity index (χ0) is 22.2. The first kappa shape index (κ1) is 25.2. The van der Waals surface area contributed by atoms with Crippen molar-refractivity contribution in [1.29, 1.82) is 5.26 Å². The van der Waals surface area contributed by atoms with Crippen LogP contribution in [0.15, 0.2) is 48.5 Å². The number of halogens is 1. The Morgan fingerprint density at radius 2 is 1.72 bits per heavy atom. The van der Waals surface area contributed by atoms with E-state index in [9.17, 15) is 14.7 Å². The Morgan fingerprint density at radius 3 is 2.28 bits per heavy atom. The first-order valence-corrected chi connectivity index (χ1v) is 10.4. The third-order valence-electron chi connectivity index (χ3n) is 5.57. The predicted octanol–water partition coefficient (Wildman–Crippen LogP) is 4.03. The number of rotatable bonds is 10. The summed E-state index contributed by atoms with van der Waals surface area (Å²) in [6.07, 6.45) is 0.572. The molecule has 1 aliphatic rings. The Kier molecular flexibility index (Phi) is 9.51. The van der Waals surface area contributed by atoms with Crippen molar-refractivity contribution in [3.05, 3.63) is 59.7 Å². The first-order valence-electron chi connectivity index (χ1n) is 10.4. The van der Waals surface area contributed by atoms with E-state index in [1.54, 1.807) is 0 Å². The van der Waals surface area contributed by atoms with Gasteiger partial charge in [-0.3, -0.25) is 0 Å². The summed E-state index contributed by atoms with van der Waals surface area (Å²) in [6.45, 7) is 1.43.